The van der Waals surface area contributed by atoms with Crippen LogP contribution in [0.3, 0.4) is 0 Å². The summed E-state index contributed by atoms with van der Waals surface area (Å²) in [4.78, 5) is 2.49. The summed E-state index contributed by atoms with van der Waals surface area (Å²) in [6.45, 7) is 6.75. The molecule has 0 amide bonds. The highest BCUT2D eigenvalue weighted by Gasteiger charge is 2.17. The third kappa shape index (κ3) is 3.28. The van der Waals surface area contributed by atoms with Crippen molar-refractivity contribution < 1.29 is 5.11 Å². The Balaban J connectivity index is 2.31. The largest absolute Gasteiger partial charge is 0.394 e. The Kier molecular flexibility index (Phi) is 4.83. The van der Waals surface area contributed by atoms with E-state index in [1.54, 1.807) is 0 Å². The standard InChI is InChI=1S/C16H26N2O/c1-12(2)14-10-13(15(17)11-19)6-7-16(14)18-8-4-3-5-9-18/h6-7,10,12,15,19H,3-5,8-9,11,17H2,1-2H3/t15-/m0/s1. The molecule has 0 aromatic heterocycles. The summed E-state index contributed by atoms with van der Waals surface area (Å²) in [7, 11) is 0. The SMILES string of the molecule is CC(C)c1cc([C@@H](N)CO)ccc1N1CCCCC1. The van der Waals surface area contributed by atoms with Gasteiger partial charge in [-0.1, -0.05) is 26.0 Å². The maximum atomic E-state index is 9.20. The third-order valence-corrected chi connectivity index (χ3v) is 4.00. The smallest absolute Gasteiger partial charge is 0.0624 e. The Morgan fingerprint density at radius 3 is 2.47 bits per heavy atom. The number of nitrogens with zero attached hydrogens (tertiary/aromatic N) is 1. The molecule has 3 nitrogen and oxygen atoms in total. The minimum absolute atomic E-state index is 0.000591. The van der Waals surface area contributed by atoms with E-state index in [9.17, 15) is 5.11 Å². The summed E-state index contributed by atoms with van der Waals surface area (Å²) in [5, 5.41) is 9.20. The van der Waals surface area contributed by atoms with Crippen molar-refractivity contribution >= 4 is 5.69 Å². The predicted octanol–water partition coefficient (Wildman–Crippen LogP) is 2.79. The molecule has 0 aliphatic carbocycles. The fraction of sp³-hybridized carbons (Fsp3) is 0.625. The summed E-state index contributed by atoms with van der Waals surface area (Å²) in [5.74, 6) is 0.475. The summed E-state index contributed by atoms with van der Waals surface area (Å²) >= 11 is 0. The Bertz CT molecular complexity index is 411. The monoisotopic (exact) mass is 262 g/mol. The lowest BCUT2D eigenvalue weighted by Gasteiger charge is -2.32. The number of aliphatic hydroxyl groups is 1. The van der Waals surface area contributed by atoms with Gasteiger partial charge in [-0.25, -0.2) is 0 Å². The van der Waals surface area contributed by atoms with E-state index < -0.39 is 0 Å². The number of nitrogens with two attached hydrogens (primary N) is 1. The highest BCUT2D eigenvalue weighted by atomic mass is 16.3. The van der Waals surface area contributed by atoms with E-state index in [-0.39, 0.29) is 12.6 Å². The molecule has 2 rings (SSSR count). The van der Waals surface area contributed by atoms with Gasteiger partial charge in [0, 0.05) is 18.8 Å². The molecular formula is C16H26N2O. The lowest BCUT2D eigenvalue weighted by Crippen LogP contribution is -2.30. The van der Waals surface area contributed by atoms with Crippen LogP contribution in [0.1, 0.15) is 56.2 Å². The molecule has 0 unspecified atom stereocenters. The zero-order valence-electron chi connectivity index (χ0n) is 12.1. The minimum Gasteiger partial charge on any atom is -0.394 e. The van der Waals surface area contributed by atoms with Gasteiger partial charge in [-0.05, 0) is 42.4 Å². The maximum absolute atomic E-state index is 9.20. The van der Waals surface area contributed by atoms with Gasteiger partial charge in [0.05, 0.1) is 12.6 Å². The second-order valence-electron chi connectivity index (χ2n) is 5.81. The van der Waals surface area contributed by atoms with Crippen molar-refractivity contribution in [1.82, 2.24) is 0 Å². The van der Waals surface area contributed by atoms with Gasteiger partial charge >= 0.3 is 0 Å². The minimum atomic E-state index is -0.270. The highest BCUT2D eigenvalue weighted by Crippen LogP contribution is 2.31. The fourth-order valence-corrected chi connectivity index (χ4v) is 2.79. The molecule has 0 saturated carbocycles. The average Bonchev–Trinajstić information content (AvgIpc) is 2.46. The first-order chi connectivity index (χ1) is 9.13. The van der Waals surface area contributed by atoms with Crippen LogP contribution in [0, 0.1) is 0 Å². The second-order valence-corrected chi connectivity index (χ2v) is 5.81. The normalized spacial score (nSPS) is 17.8. The van der Waals surface area contributed by atoms with Crippen LogP contribution in [0.4, 0.5) is 5.69 Å². The average molecular weight is 262 g/mol. The lowest BCUT2D eigenvalue weighted by molar-refractivity contribution is 0.268. The molecule has 1 aromatic carbocycles. The molecule has 1 aliphatic heterocycles. The number of piperidine rings is 1. The van der Waals surface area contributed by atoms with Gasteiger partial charge in [0.25, 0.3) is 0 Å². The van der Waals surface area contributed by atoms with E-state index in [0.29, 0.717) is 5.92 Å². The Labute approximate surface area is 116 Å². The first kappa shape index (κ1) is 14.4. The van der Waals surface area contributed by atoms with E-state index in [0.717, 1.165) is 18.7 Å². The molecule has 3 heteroatoms. The predicted molar refractivity (Wildman–Crippen MR) is 80.6 cm³/mol. The van der Waals surface area contributed by atoms with Crippen LogP contribution in [0.15, 0.2) is 18.2 Å². The first-order valence-corrected chi connectivity index (χ1v) is 7.38. The van der Waals surface area contributed by atoms with Crippen molar-refractivity contribution in [3.63, 3.8) is 0 Å². The Morgan fingerprint density at radius 2 is 1.89 bits per heavy atom. The van der Waals surface area contributed by atoms with Crippen molar-refractivity contribution in [2.45, 2.75) is 45.1 Å². The van der Waals surface area contributed by atoms with Crippen molar-refractivity contribution in [2.24, 2.45) is 5.73 Å². The van der Waals surface area contributed by atoms with Crippen LogP contribution in [0.5, 0.6) is 0 Å². The number of benzene rings is 1. The van der Waals surface area contributed by atoms with Gasteiger partial charge in [-0.15, -0.1) is 0 Å². The first-order valence-electron chi connectivity index (χ1n) is 7.38. The van der Waals surface area contributed by atoms with Crippen LogP contribution in [0.25, 0.3) is 0 Å². The lowest BCUT2D eigenvalue weighted by atomic mass is 9.94. The third-order valence-electron chi connectivity index (χ3n) is 4.00. The molecule has 19 heavy (non-hydrogen) atoms. The van der Waals surface area contributed by atoms with E-state index >= 15 is 0 Å². The van der Waals surface area contributed by atoms with Crippen LogP contribution < -0.4 is 10.6 Å². The zero-order valence-corrected chi connectivity index (χ0v) is 12.1. The topological polar surface area (TPSA) is 49.5 Å². The van der Waals surface area contributed by atoms with Gasteiger partial charge < -0.3 is 15.7 Å². The summed E-state index contributed by atoms with van der Waals surface area (Å²) in [6, 6.07) is 6.16. The van der Waals surface area contributed by atoms with Gasteiger partial charge in [0.2, 0.25) is 0 Å². The Hall–Kier alpha value is -1.06. The molecule has 0 bridgehead atoms. The molecule has 106 valence electrons. The second kappa shape index (κ2) is 6.40. The number of rotatable bonds is 4. The van der Waals surface area contributed by atoms with Gasteiger partial charge in [0.15, 0.2) is 0 Å². The van der Waals surface area contributed by atoms with E-state index in [1.165, 1.54) is 30.5 Å². The van der Waals surface area contributed by atoms with Crippen LogP contribution in [-0.2, 0) is 0 Å². The molecule has 1 heterocycles. The summed E-state index contributed by atoms with van der Waals surface area (Å²) < 4.78 is 0. The molecule has 1 aromatic rings. The number of anilines is 1. The quantitative estimate of drug-likeness (QED) is 0.877. The zero-order chi connectivity index (χ0) is 13.8. The molecule has 1 atom stereocenters. The Morgan fingerprint density at radius 1 is 1.21 bits per heavy atom. The number of hydrogen-bond acceptors (Lipinski definition) is 3. The molecule has 1 fully saturated rings. The number of aliphatic hydroxyl groups excluding tert-OH is 1. The molecule has 0 radical (unpaired) electrons. The van der Waals surface area contributed by atoms with Crippen molar-refractivity contribution in [2.75, 3.05) is 24.6 Å². The van der Waals surface area contributed by atoms with Crippen LogP contribution in [-0.4, -0.2) is 24.8 Å². The van der Waals surface area contributed by atoms with Crippen molar-refractivity contribution in [3.05, 3.63) is 29.3 Å². The molecule has 3 N–H and O–H groups in total. The summed E-state index contributed by atoms with van der Waals surface area (Å²) in [5.41, 5.74) is 9.66. The van der Waals surface area contributed by atoms with E-state index in [1.807, 2.05) is 0 Å². The van der Waals surface area contributed by atoms with Crippen LogP contribution in [0.2, 0.25) is 0 Å². The van der Waals surface area contributed by atoms with Crippen molar-refractivity contribution in [3.8, 4) is 0 Å². The van der Waals surface area contributed by atoms with E-state index in [4.69, 9.17) is 5.73 Å². The number of hydrogen-bond donors (Lipinski definition) is 2. The van der Waals surface area contributed by atoms with E-state index in [2.05, 4.69) is 36.9 Å². The fourth-order valence-electron chi connectivity index (χ4n) is 2.79. The van der Waals surface area contributed by atoms with Gasteiger partial charge in [-0.3, -0.25) is 0 Å². The molecule has 1 aliphatic rings. The molecule has 0 spiro atoms. The molecular weight excluding hydrogens is 236 g/mol. The van der Waals surface area contributed by atoms with Gasteiger partial charge in [0.1, 0.15) is 0 Å². The maximum Gasteiger partial charge on any atom is 0.0624 e. The van der Waals surface area contributed by atoms with Crippen molar-refractivity contribution in [1.29, 1.82) is 0 Å². The summed E-state index contributed by atoms with van der Waals surface area (Å²) in [6.07, 6.45) is 3.92. The van der Waals surface area contributed by atoms with Gasteiger partial charge in [-0.2, -0.15) is 0 Å². The van der Waals surface area contributed by atoms with Crippen LogP contribution >= 0.6 is 0 Å². The highest BCUT2D eigenvalue weighted by molar-refractivity contribution is 5.57. The molecule has 1 saturated heterocycles.